The first kappa shape index (κ1) is 13.1. The van der Waals surface area contributed by atoms with Crippen LogP contribution in [0.5, 0.6) is 0 Å². The van der Waals surface area contributed by atoms with E-state index in [1.807, 2.05) is 13.8 Å². The first-order valence-electron chi connectivity index (χ1n) is 6.02. The molecule has 2 rings (SSSR count). The Bertz CT molecular complexity index is 627. The molecule has 5 heteroatoms. The van der Waals surface area contributed by atoms with Gasteiger partial charge in [0.2, 0.25) is 11.7 Å². The highest BCUT2D eigenvalue weighted by atomic mass is 16.4. The number of fused-ring (bicyclic) bond motifs is 1. The molecule has 0 bridgehead atoms. The van der Waals surface area contributed by atoms with Gasteiger partial charge in [0, 0.05) is 17.5 Å². The van der Waals surface area contributed by atoms with Gasteiger partial charge in [-0.3, -0.25) is 4.79 Å². The first-order valence-corrected chi connectivity index (χ1v) is 6.02. The Labute approximate surface area is 110 Å². The molecule has 0 atom stereocenters. The molecule has 100 valence electrons. The molecule has 5 nitrogen and oxygen atoms in total. The molecule has 2 aromatic rings. The fourth-order valence-corrected chi connectivity index (χ4v) is 1.81. The molecular weight excluding hydrogens is 246 g/mol. The number of benzene rings is 1. The molecule has 0 spiro atoms. The van der Waals surface area contributed by atoms with Gasteiger partial charge in [0.25, 0.3) is 0 Å². The molecule has 0 aliphatic rings. The number of furan rings is 1. The number of aromatic carboxylic acids is 1. The number of hydrogen-bond acceptors (Lipinski definition) is 3. The van der Waals surface area contributed by atoms with Crippen LogP contribution in [0.4, 0.5) is 5.69 Å². The van der Waals surface area contributed by atoms with Gasteiger partial charge in [-0.15, -0.1) is 0 Å². The van der Waals surface area contributed by atoms with Gasteiger partial charge in [-0.2, -0.15) is 0 Å². The van der Waals surface area contributed by atoms with Crippen molar-refractivity contribution in [2.24, 2.45) is 5.92 Å². The maximum atomic E-state index is 11.6. The van der Waals surface area contributed by atoms with Crippen LogP contribution >= 0.6 is 0 Å². The van der Waals surface area contributed by atoms with Gasteiger partial charge in [-0.1, -0.05) is 13.8 Å². The maximum Gasteiger partial charge on any atom is 0.371 e. The number of hydrogen-bond donors (Lipinski definition) is 2. The summed E-state index contributed by atoms with van der Waals surface area (Å²) in [5, 5.41) is 12.3. The number of amides is 1. The smallest absolute Gasteiger partial charge is 0.371 e. The molecule has 0 saturated carbocycles. The van der Waals surface area contributed by atoms with Crippen molar-refractivity contribution in [3.8, 4) is 0 Å². The van der Waals surface area contributed by atoms with Crippen LogP contribution in [0.2, 0.25) is 0 Å². The van der Waals surface area contributed by atoms with Crippen molar-refractivity contribution < 1.29 is 19.1 Å². The molecule has 0 unspecified atom stereocenters. The lowest BCUT2D eigenvalue weighted by atomic mass is 10.1. The van der Waals surface area contributed by atoms with Crippen LogP contribution in [0.25, 0.3) is 11.0 Å². The van der Waals surface area contributed by atoms with E-state index in [-0.39, 0.29) is 17.6 Å². The van der Waals surface area contributed by atoms with E-state index in [9.17, 15) is 9.59 Å². The van der Waals surface area contributed by atoms with E-state index in [1.165, 1.54) is 6.07 Å². The Hall–Kier alpha value is -2.30. The summed E-state index contributed by atoms with van der Waals surface area (Å²) in [4.78, 5) is 22.4. The fraction of sp³-hybridized carbons (Fsp3) is 0.286. The second-order valence-corrected chi connectivity index (χ2v) is 4.81. The van der Waals surface area contributed by atoms with E-state index >= 15 is 0 Å². The van der Waals surface area contributed by atoms with E-state index in [1.54, 1.807) is 18.2 Å². The Morgan fingerprint density at radius 3 is 2.68 bits per heavy atom. The fourth-order valence-electron chi connectivity index (χ4n) is 1.81. The van der Waals surface area contributed by atoms with Crippen LogP contribution in [0.3, 0.4) is 0 Å². The molecule has 2 N–H and O–H groups in total. The van der Waals surface area contributed by atoms with E-state index in [2.05, 4.69) is 5.32 Å². The molecule has 1 amide bonds. The number of rotatable bonds is 4. The normalized spacial score (nSPS) is 10.9. The van der Waals surface area contributed by atoms with Crippen LogP contribution in [-0.4, -0.2) is 17.0 Å². The largest absolute Gasteiger partial charge is 0.475 e. The Kier molecular flexibility index (Phi) is 3.55. The Morgan fingerprint density at radius 2 is 2.05 bits per heavy atom. The predicted octanol–water partition coefficient (Wildman–Crippen LogP) is 3.12. The summed E-state index contributed by atoms with van der Waals surface area (Å²) < 4.78 is 5.14. The number of carbonyl (C=O) groups is 2. The van der Waals surface area contributed by atoms with Crippen molar-refractivity contribution in [3.63, 3.8) is 0 Å². The van der Waals surface area contributed by atoms with Crippen molar-refractivity contribution >= 4 is 28.5 Å². The van der Waals surface area contributed by atoms with Crippen LogP contribution in [0.15, 0.2) is 28.7 Å². The summed E-state index contributed by atoms with van der Waals surface area (Å²) in [6.45, 7) is 3.94. The summed E-state index contributed by atoms with van der Waals surface area (Å²) >= 11 is 0. The van der Waals surface area contributed by atoms with E-state index < -0.39 is 5.97 Å². The minimum absolute atomic E-state index is 0.0590. The zero-order valence-electron chi connectivity index (χ0n) is 10.8. The topological polar surface area (TPSA) is 79.5 Å². The molecule has 0 fully saturated rings. The molecule has 0 saturated heterocycles. The lowest BCUT2D eigenvalue weighted by Gasteiger charge is -2.06. The van der Waals surface area contributed by atoms with Crippen LogP contribution in [0, 0.1) is 5.92 Å². The monoisotopic (exact) mass is 261 g/mol. The van der Waals surface area contributed by atoms with Gasteiger partial charge in [0.15, 0.2) is 0 Å². The van der Waals surface area contributed by atoms with Crippen LogP contribution < -0.4 is 5.32 Å². The molecule has 19 heavy (non-hydrogen) atoms. The Balaban J connectivity index is 2.21. The highest BCUT2D eigenvalue weighted by Crippen LogP contribution is 2.23. The molecule has 0 aliphatic heterocycles. The predicted molar refractivity (Wildman–Crippen MR) is 71.3 cm³/mol. The van der Waals surface area contributed by atoms with Crippen molar-refractivity contribution in [2.75, 3.05) is 5.32 Å². The van der Waals surface area contributed by atoms with Gasteiger partial charge in [-0.25, -0.2) is 4.79 Å². The second-order valence-electron chi connectivity index (χ2n) is 4.81. The SMILES string of the molecule is CC(C)CC(=O)Nc1ccc2oc(C(=O)O)cc2c1. The Morgan fingerprint density at radius 1 is 1.32 bits per heavy atom. The molecule has 0 aliphatic carbocycles. The number of carbonyl (C=O) groups excluding carboxylic acids is 1. The van der Waals surface area contributed by atoms with Crippen molar-refractivity contribution in [1.82, 2.24) is 0 Å². The van der Waals surface area contributed by atoms with Gasteiger partial charge < -0.3 is 14.8 Å². The number of carboxylic acids is 1. The third-order valence-electron chi connectivity index (χ3n) is 2.60. The summed E-state index contributed by atoms with van der Waals surface area (Å²) in [5.41, 5.74) is 1.12. The zero-order valence-corrected chi connectivity index (χ0v) is 10.8. The third kappa shape index (κ3) is 3.13. The zero-order chi connectivity index (χ0) is 14.0. The van der Waals surface area contributed by atoms with Crippen LogP contribution in [-0.2, 0) is 4.79 Å². The minimum Gasteiger partial charge on any atom is -0.475 e. The van der Waals surface area contributed by atoms with E-state index in [0.29, 0.717) is 23.1 Å². The number of carboxylic acid groups (broad SMARTS) is 1. The highest BCUT2D eigenvalue weighted by molar-refractivity contribution is 5.95. The average Bonchev–Trinajstić information content (AvgIpc) is 2.70. The third-order valence-corrected chi connectivity index (χ3v) is 2.60. The van der Waals surface area contributed by atoms with Crippen molar-refractivity contribution in [2.45, 2.75) is 20.3 Å². The van der Waals surface area contributed by atoms with Crippen molar-refractivity contribution in [3.05, 3.63) is 30.0 Å². The summed E-state index contributed by atoms with van der Waals surface area (Å²) in [5.74, 6) is -0.991. The first-order chi connectivity index (χ1) is 8.95. The lowest BCUT2D eigenvalue weighted by molar-refractivity contribution is -0.116. The van der Waals surface area contributed by atoms with E-state index in [0.717, 1.165) is 0 Å². The maximum absolute atomic E-state index is 11.6. The average molecular weight is 261 g/mol. The quantitative estimate of drug-likeness (QED) is 0.886. The van der Waals surface area contributed by atoms with Crippen molar-refractivity contribution in [1.29, 1.82) is 0 Å². The van der Waals surface area contributed by atoms with Crippen LogP contribution in [0.1, 0.15) is 30.8 Å². The summed E-state index contributed by atoms with van der Waals surface area (Å²) in [7, 11) is 0. The van der Waals surface area contributed by atoms with Gasteiger partial charge in [0.1, 0.15) is 5.58 Å². The second kappa shape index (κ2) is 5.14. The standard InChI is InChI=1S/C14H15NO4/c1-8(2)5-13(16)15-10-3-4-11-9(6-10)7-12(19-11)14(17)18/h3-4,6-8H,5H2,1-2H3,(H,15,16)(H,17,18). The summed E-state index contributed by atoms with van der Waals surface area (Å²) in [6, 6.07) is 6.47. The van der Waals surface area contributed by atoms with Gasteiger partial charge in [0.05, 0.1) is 0 Å². The number of nitrogens with one attached hydrogen (secondary N) is 1. The molecule has 1 aromatic carbocycles. The highest BCUT2D eigenvalue weighted by Gasteiger charge is 2.11. The van der Waals surface area contributed by atoms with Gasteiger partial charge >= 0.3 is 5.97 Å². The minimum atomic E-state index is -1.11. The van der Waals surface area contributed by atoms with E-state index in [4.69, 9.17) is 9.52 Å². The molecular formula is C14H15NO4. The molecule has 0 radical (unpaired) electrons. The van der Waals surface area contributed by atoms with Gasteiger partial charge in [-0.05, 0) is 30.2 Å². The number of anilines is 1. The molecule has 1 aromatic heterocycles. The lowest BCUT2D eigenvalue weighted by Crippen LogP contribution is -2.13. The molecule has 1 heterocycles. The summed E-state index contributed by atoms with van der Waals surface area (Å²) in [6.07, 6.45) is 0.448.